The lowest BCUT2D eigenvalue weighted by molar-refractivity contribution is -0.223. The minimum absolute atomic E-state index is 0.0689. The Labute approximate surface area is 115 Å². The van der Waals surface area contributed by atoms with Gasteiger partial charge in [0.2, 0.25) is 0 Å². The number of esters is 3. The monoisotopic (exact) mass is 290 g/mol. The number of rotatable bonds is 4. The van der Waals surface area contributed by atoms with Gasteiger partial charge in [0.15, 0.2) is 12.2 Å². The molecule has 4 atom stereocenters. The van der Waals surface area contributed by atoms with E-state index < -0.39 is 42.3 Å². The molecule has 0 aromatic heterocycles. The van der Waals surface area contributed by atoms with Crippen molar-refractivity contribution in [2.45, 2.75) is 45.2 Å². The van der Waals surface area contributed by atoms with E-state index in [1.54, 1.807) is 0 Å². The summed E-state index contributed by atoms with van der Waals surface area (Å²) in [4.78, 5) is 32.8. The molecule has 3 unspecified atom stereocenters. The molecule has 1 fully saturated rings. The molecule has 1 saturated heterocycles. The molecule has 0 aromatic rings. The molecule has 1 rings (SSSR count). The molecular formula is C12H18O8. The smallest absolute Gasteiger partial charge is 0.303 e. The van der Waals surface area contributed by atoms with Gasteiger partial charge in [0.1, 0.15) is 18.8 Å². The van der Waals surface area contributed by atoms with Crippen molar-refractivity contribution in [1.82, 2.24) is 0 Å². The van der Waals surface area contributed by atoms with Crippen LogP contribution in [0.3, 0.4) is 0 Å². The third-order valence-corrected chi connectivity index (χ3v) is 2.63. The predicted octanol–water partition coefficient (Wildman–Crippen LogP) is -0.827. The molecule has 0 radical (unpaired) electrons. The van der Waals surface area contributed by atoms with Crippen LogP contribution in [0.15, 0.2) is 0 Å². The molecule has 20 heavy (non-hydrogen) atoms. The van der Waals surface area contributed by atoms with E-state index in [0.717, 1.165) is 0 Å². The number of hydrogen-bond acceptors (Lipinski definition) is 8. The first-order valence-corrected chi connectivity index (χ1v) is 6.08. The van der Waals surface area contributed by atoms with Crippen molar-refractivity contribution in [2.75, 3.05) is 13.2 Å². The molecule has 8 heteroatoms. The molecule has 1 heterocycles. The highest BCUT2D eigenvalue weighted by molar-refractivity contribution is 5.67. The van der Waals surface area contributed by atoms with Crippen molar-refractivity contribution in [3.63, 3.8) is 0 Å². The van der Waals surface area contributed by atoms with E-state index >= 15 is 0 Å². The van der Waals surface area contributed by atoms with E-state index in [2.05, 4.69) is 0 Å². The minimum Gasteiger partial charge on any atom is -0.463 e. The fourth-order valence-electron chi connectivity index (χ4n) is 1.84. The van der Waals surface area contributed by atoms with Crippen LogP contribution in [0, 0.1) is 0 Å². The highest BCUT2D eigenvalue weighted by Crippen LogP contribution is 2.21. The van der Waals surface area contributed by atoms with Gasteiger partial charge in [-0.1, -0.05) is 0 Å². The van der Waals surface area contributed by atoms with E-state index in [9.17, 15) is 19.5 Å². The van der Waals surface area contributed by atoms with Gasteiger partial charge in [-0.15, -0.1) is 0 Å². The largest absolute Gasteiger partial charge is 0.463 e. The summed E-state index contributed by atoms with van der Waals surface area (Å²) < 4.78 is 19.9. The maximum atomic E-state index is 11.1. The average molecular weight is 290 g/mol. The normalized spacial score (nSPS) is 29.4. The number of hydrogen-bond donors (Lipinski definition) is 1. The topological polar surface area (TPSA) is 108 Å². The molecule has 0 saturated carbocycles. The van der Waals surface area contributed by atoms with Gasteiger partial charge in [-0.25, -0.2) is 0 Å². The zero-order chi connectivity index (χ0) is 15.3. The van der Waals surface area contributed by atoms with Gasteiger partial charge in [0.25, 0.3) is 0 Å². The van der Waals surface area contributed by atoms with Crippen LogP contribution in [0.25, 0.3) is 0 Å². The van der Waals surface area contributed by atoms with Crippen molar-refractivity contribution in [3.8, 4) is 0 Å². The third-order valence-electron chi connectivity index (χ3n) is 2.63. The van der Waals surface area contributed by atoms with Gasteiger partial charge in [0, 0.05) is 20.8 Å². The molecule has 0 bridgehead atoms. The SMILES string of the molecule is CC(=O)OCC1OCC(OC(C)=O)C(OC(C)=O)[C@@H]1O. The van der Waals surface area contributed by atoms with Crippen LogP contribution in [0.1, 0.15) is 20.8 Å². The summed E-state index contributed by atoms with van der Waals surface area (Å²) in [6.45, 7) is 3.35. The first kappa shape index (κ1) is 16.4. The Kier molecular flexibility index (Phi) is 5.90. The summed E-state index contributed by atoms with van der Waals surface area (Å²) in [5.74, 6) is -1.73. The standard InChI is InChI=1S/C12H18O8/c1-6(13)17-4-9-11(16)12(20-8(3)15)10(5-18-9)19-7(2)14/h9-12,16H,4-5H2,1-3H3/t9?,10?,11-,12?/m1/s1. The fraction of sp³-hybridized carbons (Fsp3) is 0.750. The summed E-state index contributed by atoms with van der Waals surface area (Å²) in [6, 6.07) is 0. The number of carbonyl (C=O) groups excluding carboxylic acids is 3. The lowest BCUT2D eigenvalue weighted by Crippen LogP contribution is -2.57. The van der Waals surface area contributed by atoms with Gasteiger partial charge in [-0.3, -0.25) is 14.4 Å². The Morgan fingerprint density at radius 2 is 1.70 bits per heavy atom. The molecule has 0 aromatic carbocycles. The minimum atomic E-state index is -1.27. The quantitative estimate of drug-likeness (QED) is 0.528. The zero-order valence-electron chi connectivity index (χ0n) is 11.5. The second kappa shape index (κ2) is 7.20. The summed E-state index contributed by atoms with van der Waals surface area (Å²) in [7, 11) is 0. The molecule has 8 nitrogen and oxygen atoms in total. The second-order valence-electron chi connectivity index (χ2n) is 4.39. The summed E-state index contributed by atoms with van der Waals surface area (Å²) in [6.07, 6.45) is -4.09. The molecule has 1 aliphatic rings. The first-order valence-electron chi connectivity index (χ1n) is 6.08. The molecule has 114 valence electrons. The van der Waals surface area contributed by atoms with Crippen LogP contribution in [-0.2, 0) is 33.3 Å². The van der Waals surface area contributed by atoms with Gasteiger partial charge in [0.05, 0.1) is 6.61 Å². The van der Waals surface area contributed by atoms with E-state index in [4.69, 9.17) is 18.9 Å². The molecule has 0 aliphatic carbocycles. The number of aliphatic hydroxyl groups is 1. The second-order valence-corrected chi connectivity index (χ2v) is 4.39. The number of ether oxygens (including phenoxy) is 4. The molecule has 1 N–H and O–H groups in total. The van der Waals surface area contributed by atoms with E-state index in [1.165, 1.54) is 20.8 Å². The number of carbonyl (C=O) groups is 3. The molecule has 0 spiro atoms. The molecule has 1 aliphatic heterocycles. The zero-order valence-corrected chi connectivity index (χ0v) is 11.5. The average Bonchev–Trinajstić information content (AvgIpc) is 2.31. The van der Waals surface area contributed by atoms with E-state index in [0.29, 0.717) is 0 Å². The highest BCUT2D eigenvalue weighted by atomic mass is 16.6. The van der Waals surface area contributed by atoms with Gasteiger partial charge in [-0.05, 0) is 0 Å². The summed E-state index contributed by atoms with van der Waals surface area (Å²) >= 11 is 0. The number of aliphatic hydroxyl groups excluding tert-OH is 1. The van der Waals surface area contributed by atoms with Crippen molar-refractivity contribution in [1.29, 1.82) is 0 Å². The van der Waals surface area contributed by atoms with E-state index in [-0.39, 0.29) is 13.2 Å². The van der Waals surface area contributed by atoms with Gasteiger partial charge < -0.3 is 24.1 Å². The van der Waals surface area contributed by atoms with Crippen LogP contribution in [0.5, 0.6) is 0 Å². The third kappa shape index (κ3) is 4.78. The fourth-order valence-corrected chi connectivity index (χ4v) is 1.84. The van der Waals surface area contributed by atoms with Gasteiger partial charge in [-0.2, -0.15) is 0 Å². The molecular weight excluding hydrogens is 272 g/mol. The lowest BCUT2D eigenvalue weighted by atomic mass is 10.00. The Morgan fingerprint density at radius 1 is 1.10 bits per heavy atom. The molecule has 0 amide bonds. The predicted molar refractivity (Wildman–Crippen MR) is 63.5 cm³/mol. The lowest BCUT2D eigenvalue weighted by Gasteiger charge is -2.38. The Hall–Kier alpha value is -1.67. The Balaban J connectivity index is 2.73. The van der Waals surface area contributed by atoms with E-state index in [1.807, 2.05) is 0 Å². The maximum Gasteiger partial charge on any atom is 0.303 e. The Bertz CT molecular complexity index is 380. The van der Waals surface area contributed by atoms with Crippen molar-refractivity contribution in [3.05, 3.63) is 0 Å². The summed E-state index contributed by atoms with van der Waals surface area (Å²) in [5.41, 5.74) is 0. The maximum absolute atomic E-state index is 11.1. The van der Waals surface area contributed by atoms with Crippen LogP contribution < -0.4 is 0 Å². The van der Waals surface area contributed by atoms with Crippen LogP contribution >= 0.6 is 0 Å². The van der Waals surface area contributed by atoms with Crippen LogP contribution in [0.4, 0.5) is 0 Å². The van der Waals surface area contributed by atoms with Gasteiger partial charge >= 0.3 is 17.9 Å². The highest BCUT2D eigenvalue weighted by Gasteiger charge is 2.44. The van der Waals surface area contributed by atoms with Crippen molar-refractivity contribution in [2.24, 2.45) is 0 Å². The Morgan fingerprint density at radius 3 is 2.20 bits per heavy atom. The van der Waals surface area contributed by atoms with Crippen LogP contribution in [-0.4, -0.2) is 60.6 Å². The van der Waals surface area contributed by atoms with Crippen molar-refractivity contribution < 1.29 is 38.4 Å². The van der Waals surface area contributed by atoms with Crippen molar-refractivity contribution >= 4 is 17.9 Å². The first-order chi connectivity index (χ1) is 9.31. The van der Waals surface area contributed by atoms with Crippen LogP contribution in [0.2, 0.25) is 0 Å². The summed E-state index contributed by atoms with van der Waals surface area (Å²) in [5, 5.41) is 10.1.